The summed E-state index contributed by atoms with van der Waals surface area (Å²) >= 11 is 1.06. The summed E-state index contributed by atoms with van der Waals surface area (Å²) in [5, 5.41) is 7.50. The second kappa shape index (κ2) is 3.37. The lowest BCUT2D eigenvalue weighted by Gasteiger charge is -2.24. The first-order valence-electron chi connectivity index (χ1n) is 4.73. The van der Waals surface area contributed by atoms with Gasteiger partial charge in [-0.15, -0.1) is 5.16 Å². The molecule has 3 nitrogen and oxygen atoms in total. The van der Waals surface area contributed by atoms with E-state index in [1.54, 1.807) is 0 Å². The van der Waals surface area contributed by atoms with Gasteiger partial charge in [-0.2, -0.15) is 0 Å². The molecule has 2 aliphatic rings. The molecule has 66 valence electrons. The SMILES string of the molecule is [AlH2][C]1=NOC2(CCCNCC2)C1. The Bertz CT molecular complexity index is 197. The zero-order valence-corrected chi connectivity index (χ0v) is 9.60. The summed E-state index contributed by atoms with van der Waals surface area (Å²) in [5.41, 5.74) is 0.0978. The van der Waals surface area contributed by atoms with Crippen LogP contribution in [0.3, 0.4) is 0 Å². The molecule has 0 bridgehead atoms. The Hall–Kier alpha value is -0.0375. The zero-order chi connectivity index (χ0) is 8.44. The lowest BCUT2D eigenvalue weighted by molar-refractivity contribution is -0.0274. The maximum absolute atomic E-state index is 5.56. The lowest BCUT2D eigenvalue weighted by atomic mass is 9.92. The van der Waals surface area contributed by atoms with E-state index in [0.29, 0.717) is 0 Å². The minimum Gasteiger partial charge on any atom is -0.390 e. The molecule has 1 N–H and O–H groups in total. The Labute approximate surface area is 81.0 Å². The third kappa shape index (κ3) is 1.66. The van der Waals surface area contributed by atoms with Crippen molar-refractivity contribution in [1.29, 1.82) is 0 Å². The van der Waals surface area contributed by atoms with Crippen LogP contribution in [0.15, 0.2) is 5.16 Å². The fraction of sp³-hybridized carbons (Fsp3) is 0.875. The first-order chi connectivity index (χ1) is 5.81. The molecule has 0 aliphatic carbocycles. The fourth-order valence-corrected chi connectivity index (χ4v) is 2.81. The smallest absolute Gasteiger partial charge is 0.288 e. The molecule has 0 aromatic rings. The second-order valence-corrected chi connectivity index (χ2v) is 5.04. The molecule has 2 heterocycles. The van der Waals surface area contributed by atoms with Gasteiger partial charge in [0.2, 0.25) is 0 Å². The van der Waals surface area contributed by atoms with E-state index in [2.05, 4.69) is 10.5 Å². The van der Waals surface area contributed by atoms with Gasteiger partial charge >= 0.3 is 0 Å². The molecular formula is C8H15AlN2O. The Morgan fingerprint density at radius 1 is 1.42 bits per heavy atom. The monoisotopic (exact) mass is 182 g/mol. The highest BCUT2D eigenvalue weighted by atomic mass is 27.0. The van der Waals surface area contributed by atoms with Crippen LogP contribution in [0.1, 0.15) is 25.7 Å². The van der Waals surface area contributed by atoms with Crippen LogP contribution in [0.2, 0.25) is 0 Å². The topological polar surface area (TPSA) is 33.6 Å². The highest BCUT2D eigenvalue weighted by Gasteiger charge is 2.37. The predicted molar refractivity (Wildman–Crippen MR) is 51.1 cm³/mol. The molecule has 4 heteroatoms. The molecule has 1 fully saturated rings. The van der Waals surface area contributed by atoms with Gasteiger partial charge in [0.1, 0.15) is 5.60 Å². The zero-order valence-electron chi connectivity index (χ0n) is 7.60. The van der Waals surface area contributed by atoms with Crippen LogP contribution in [-0.2, 0) is 4.84 Å². The van der Waals surface area contributed by atoms with E-state index in [1.165, 1.54) is 17.4 Å². The van der Waals surface area contributed by atoms with E-state index in [4.69, 9.17) is 4.84 Å². The van der Waals surface area contributed by atoms with Gasteiger partial charge in [0.15, 0.2) is 0 Å². The van der Waals surface area contributed by atoms with Crippen LogP contribution in [0.25, 0.3) is 0 Å². The summed E-state index contributed by atoms with van der Waals surface area (Å²) in [6, 6.07) is 0. The van der Waals surface area contributed by atoms with E-state index in [1.807, 2.05) is 0 Å². The summed E-state index contributed by atoms with van der Waals surface area (Å²) in [4.78, 5) is 5.56. The maximum atomic E-state index is 5.56. The molecule has 2 rings (SSSR count). The van der Waals surface area contributed by atoms with Gasteiger partial charge in [-0.1, -0.05) is 0 Å². The Morgan fingerprint density at radius 3 is 3.08 bits per heavy atom. The third-order valence-corrected chi connectivity index (χ3v) is 3.25. The average Bonchev–Trinajstić information content (AvgIpc) is 2.30. The molecule has 0 saturated carbocycles. The summed E-state index contributed by atoms with van der Waals surface area (Å²) < 4.78 is 1.29. The van der Waals surface area contributed by atoms with Crippen molar-refractivity contribution in [2.45, 2.75) is 31.3 Å². The minimum atomic E-state index is 0.0978. The fourth-order valence-electron chi connectivity index (χ4n) is 2.08. The summed E-state index contributed by atoms with van der Waals surface area (Å²) in [5.74, 6) is 0. The van der Waals surface area contributed by atoms with Crippen molar-refractivity contribution >= 4 is 20.9 Å². The molecule has 1 spiro atoms. The van der Waals surface area contributed by atoms with Crippen LogP contribution in [0.5, 0.6) is 0 Å². The summed E-state index contributed by atoms with van der Waals surface area (Å²) in [6.07, 6.45) is 4.63. The first-order valence-corrected chi connectivity index (χ1v) is 5.73. The number of oxime groups is 1. The van der Waals surface area contributed by atoms with Crippen molar-refractivity contribution in [2.75, 3.05) is 13.1 Å². The van der Waals surface area contributed by atoms with E-state index in [0.717, 1.165) is 42.2 Å². The predicted octanol–water partition coefficient (Wildman–Crippen LogP) is -0.134. The molecule has 0 amide bonds. The quantitative estimate of drug-likeness (QED) is 0.529. The number of nitrogens with zero attached hydrogens (tertiary/aromatic N) is 1. The molecule has 0 aromatic heterocycles. The van der Waals surface area contributed by atoms with Gasteiger partial charge in [-0.05, 0) is 30.5 Å². The average molecular weight is 182 g/mol. The third-order valence-electron chi connectivity index (χ3n) is 2.72. The van der Waals surface area contributed by atoms with Crippen molar-refractivity contribution in [3.63, 3.8) is 0 Å². The normalized spacial score (nSPS) is 35.8. The highest BCUT2D eigenvalue weighted by Crippen LogP contribution is 2.32. The van der Waals surface area contributed by atoms with E-state index < -0.39 is 0 Å². The molecule has 12 heavy (non-hydrogen) atoms. The Morgan fingerprint density at radius 2 is 2.33 bits per heavy atom. The Balaban J connectivity index is 2.01. The van der Waals surface area contributed by atoms with E-state index in [9.17, 15) is 0 Å². The molecule has 0 aromatic carbocycles. The first kappa shape index (κ1) is 8.56. The molecule has 1 saturated heterocycles. The summed E-state index contributed by atoms with van der Waals surface area (Å²) in [6.45, 7) is 2.23. The lowest BCUT2D eigenvalue weighted by Crippen LogP contribution is -2.30. The van der Waals surface area contributed by atoms with Gasteiger partial charge in [0.25, 0.3) is 16.3 Å². The van der Waals surface area contributed by atoms with Crippen molar-refractivity contribution < 1.29 is 4.84 Å². The number of nitrogens with one attached hydrogen (secondary N) is 1. The number of hydrogen-bond acceptors (Lipinski definition) is 3. The maximum Gasteiger partial charge on any atom is 0.288 e. The van der Waals surface area contributed by atoms with Gasteiger partial charge in [0, 0.05) is 12.8 Å². The van der Waals surface area contributed by atoms with Gasteiger partial charge in [0.05, 0.1) is 0 Å². The van der Waals surface area contributed by atoms with Gasteiger partial charge < -0.3 is 10.2 Å². The van der Waals surface area contributed by atoms with Gasteiger partial charge in [-0.3, -0.25) is 0 Å². The minimum absolute atomic E-state index is 0.0978. The van der Waals surface area contributed by atoms with Crippen molar-refractivity contribution in [3.8, 4) is 0 Å². The van der Waals surface area contributed by atoms with Crippen molar-refractivity contribution in [2.24, 2.45) is 5.16 Å². The van der Waals surface area contributed by atoms with Crippen LogP contribution in [0, 0.1) is 0 Å². The molecule has 0 radical (unpaired) electrons. The largest absolute Gasteiger partial charge is 0.390 e. The van der Waals surface area contributed by atoms with E-state index in [-0.39, 0.29) is 5.60 Å². The van der Waals surface area contributed by atoms with Crippen LogP contribution in [-0.4, -0.2) is 39.6 Å². The summed E-state index contributed by atoms with van der Waals surface area (Å²) in [7, 11) is 0. The van der Waals surface area contributed by atoms with Crippen molar-refractivity contribution in [3.05, 3.63) is 0 Å². The Kier molecular flexibility index (Phi) is 2.40. The van der Waals surface area contributed by atoms with Gasteiger partial charge in [-0.25, -0.2) is 0 Å². The van der Waals surface area contributed by atoms with Crippen molar-refractivity contribution in [1.82, 2.24) is 5.32 Å². The highest BCUT2D eigenvalue weighted by molar-refractivity contribution is 6.59. The number of hydrogen-bond donors (Lipinski definition) is 1. The van der Waals surface area contributed by atoms with Crippen LogP contribution >= 0.6 is 0 Å². The molecule has 2 aliphatic heterocycles. The van der Waals surface area contributed by atoms with Crippen LogP contribution < -0.4 is 5.32 Å². The number of rotatable bonds is 0. The second-order valence-electron chi connectivity index (χ2n) is 3.88. The molecule has 1 unspecified atom stereocenters. The molecular weight excluding hydrogens is 167 g/mol. The van der Waals surface area contributed by atoms with E-state index >= 15 is 0 Å². The van der Waals surface area contributed by atoms with Crippen LogP contribution in [0.4, 0.5) is 0 Å². The molecule has 1 atom stereocenters. The standard InChI is InChI=1S/C8H13N2O.Al.2H/c1-2-8(3-6-9-5-1)4-7-10-11-8;;;/h9H,1-6H2;;;.